The number of hydrogen-bond donors (Lipinski definition) is 2. The Morgan fingerprint density at radius 1 is 1.43 bits per heavy atom. The van der Waals surface area contributed by atoms with Gasteiger partial charge < -0.3 is 10.4 Å². The summed E-state index contributed by atoms with van der Waals surface area (Å²) >= 11 is 0. The Labute approximate surface area is 119 Å². The van der Waals surface area contributed by atoms with Gasteiger partial charge in [0.15, 0.2) is 0 Å². The van der Waals surface area contributed by atoms with Crippen molar-refractivity contribution in [1.29, 1.82) is 0 Å². The highest BCUT2D eigenvalue weighted by Crippen LogP contribution is 2.18. The summed E-state index contributed by atoms with van der Waals surface area (Å²) in [7, 11) is 0. The summed E-state index contributed by atoms with van der Waals surface area (Å²) < 4.78 is 0. The maximum absolute atomic E-state index is 10.8. The number of aryl methyl sites for hydroxylation is 1. The molecule has 0 amide bonds. The third-order valence-electron chi connectivity index (χ3n) is 2.77. The molecule has 2 heterocycles. The highest BCUT2D eigenvalue weighted by atomic mass is 16.6. The van der Waals surface area contributed by atoms with Crippen molar-refractivity contribution in [2.24, 2.45) is 0 Å². The van der Waals surface area contributed by atoms with Gasteiger partial charge in [0.2, 0.25) is 0 Å². The third kappa shape index (κ3) is 3.50. The van der Waals surface area contributed by atoms with E-state index in [0.29, 0.717) is 17.2 Å². The molecular weight excluding hydrogens is 276 g/mol. The first-order valence-electron chi connectivity index (χ1n) is 6.01. The third-order valence-corrected chi connectivity index (χ3v) is 2.77. The number of aromatic carboxylic acids is 1. The number of pyridine rings is 2. The molecule has 8 nitrogen and oxygen atoms in total. The highest BCUT2D eigenvalue weighted by Gasteiger charge is 2.11. The molecular formula is C13H12N4O4. The zero-order chi connectivity index (χ0) is 15.4. The number of carboxylic acid groups (broad SMARTS) is 1. The van der Waals surface area contributed by atoms with Crippen LogP contribution in [-0.4, -0.2) is 26.0 Å². The van der Waals surface area contributed by atoms with Crippen molar-refractivity contribution in [1.82, 2.24) is 9.97 Å². The van der Waals surface area contributed by atoms with Crippen LogP contribution in [0.2, 0.25) is 0 Å². The van der Waals surface area contributed by atoms with E-state index in [4.69, 9.17) is 5.11 Å². The normalized spacial score (nSPS) is 10.1. The monoisotopic (exact) mass is 288 g/mol. The Morgan fingerprint density at radius 2 is 2.19 bits per heavy atom. The van der Waals surface area contributed by atoms with Crippen molar-refractivity contribution in [3.63, 3.8) is 0 Å². The molecule has 0 aromatic carbocycles. The van der Waals surface area contributed by atoms with E-state index in [9.17, 15) is 14.9 Å². The Balaban J connectivity index is 2.10. The van der Waals surface area contributed by atoms with Crippen LogP contribution in [0.1, 0.15) is 21.7 Å². The molecule has 0 aliphatic heterocycles. The van der Waals surface area contributed by atoms with Crippen LogP contribution < -0.4 is 5.32 Å². The molecule has 0 aliphatic rings. The van der Waals surface area contributed by atoms with E-state index in [1.807, 2.05) is 0 Å². The lowest BCUT2D eigenvalue weighted by Crippen LogP contribution is -2.06. The smallest absolute Gasteiger partial charge is 0.335 e. The van der Waals surface area contributed by atoms with Crippen molar-refractivity contribution in [3.05, 3.63) is 57.5 Å². The molecule has 0 aliphatic carbocycles. The first kappa shape index (κ1) is 14.4. The topological polar surface area (TPSA) is 118 Å². The number of anilines is 1. The maximum Gasteiger partial charge on any atom is 0.335 e. The van der Waals surface area contributed by atoms with Crippen LogP contribution in [0.3, 0.4) is 0 Å². The number of nitrogens with one attached hydrogen (secondary N) is 1. The quantitative estimate of drug-likeness (QED) is 0.638. The Hall–Kier alpha value is -3.03. The number of aromatic nitrogens is 2. The predicted molar refractivity (Wildman–Crippen MR) is 74.2 cm³/mol. The second-order valence-electron chi connectivity index (χ2n) is 4.25. The second kappa shape index (κ2) is 5.95. The van der Waals surface area contributed by atoms with Crippen molar-refractivity contribution in [2.45, 2.75) is 13.5 Å². The molecule has 2 aromatic rings. The Morgan fingerprint density at radius 3 is 2.81 bits per heavy atom. The van der Waals surface area contributed by atoms with Crippen LogP contribution >= 0.6 is 0 Å². The minimum atomic E-state index is -1.03. The molecule has 0 saturated carbocycles. The second-order valence-corrected chi connectivity index (χ2v) is 4.25. The number of rotatable bonds is 5. The number of carboxylic acids is 1. The van der Waals surface area contributed by atoms with E-state index in [1.165, 1.54) is 30.5 Å². The van der Waals surface area contributed by atoms with Crippen LogP contribution in [-0.2, 0) is 6.54 Å². The fourth-order valence-corrected chi connectivity index (χ4v) is 1.73. The lowest BCUT2D eigenvalue weighted by atomic mass is 10.2. The Kier molecular flexibility index (Phi) is 4.07. The lowest BCUT2D eigenvalue weighted by molar-refractivity contribution is -0.385. The number of carbonyl (C=O) groups is 1. The molecule has 0 radical (unpaired) electrons. The average Bonchev–Trinajstić information content (AvgIpc) is 2.45. The summed E-state index contributed by atoms with van der Waals surface area (Å²) in [6.45, 7) is 1.82. The SMILES string of the molecule is Cc1nc(NCc2cc(C(=O)O)ccn2)ccc1[N+](=O)[O-]. The summed E-state index contributed by atoms with van der Waals surface area (Å²) in [5, 5.41) is 22.5. The van der Waals surface area contributed by atoms with E-state index in [0.717, 1.165) is 0 Å². The lowest BCUT2D eigenvalue weighted by Gasteiger charge is -2.06. The van der Waals surface area contributed by atoms with Crippen molar-refractivity contribution < 1.29 is 14.8 Å². The molecule has 0 bridgehead atoms. The first-order valence-corrected chi connectivity index (χ1v) is 6.01. The fraction of sp³-hybridized carbons (Fsp3) is 0.154. The van der Waals surface area contributed by atoms with Crippen molar-refractivity contribution >= 4 is 17.5 Å². The van der Waals surface area contributed by atoms with Crippen molar-refractivity contribution in [2.75, 3.05) is 5.32 Å². The van der Waals surface area contributed by atoms with E-state index >= 15 is 0 Å². The summed E-state index contributed by atoms with van der Waals surface area (Å²) in [5.41, 5.74) is 0.936. The summed E-state index contributed by atoms with van der Waals surface area (Å²) in [6, 6.07) is 5.71. The highest BCUT2D eigenvalue weighted by molar-refractivity contribution is 5.87. The first-order chi connectivity index (χ1) is 9.97. The van der Waals surface area contributed by atoms with Crippen LogP contribution in [0.5, 0.6) is 0 Å². The van der Waals surface area contributed by atoms with Crippen LogP contribution in [0.15, 0.2) is 30.5 Å². The molecule has 2 rings (SSSR count). The van der Waals surface area contributed by atoms with E-state index < -0.39 is 10.9 Å². The average molecular weight is 288 g/mol. The number of nitrogens with zero attached hydrogens (tertiary/aromatic N) is 3. The van der Waals surface area contributed by atoms with Crippen molar-refractivity contribution in [3.8, 4) is 0 Å². The minimum absolute atomic E-state index is 0.0495. The van der Waals surface area contributed by atoms with Gasteiger partial charge in [-0.05, 0) is 25.1 Å². The predicted octanol–water partition coefficient (Wildman–Crippen LogP) is 2.00. The van der Waals surface area contributed by atoms with Crippen LogP contribution in [0.4, 0.5) is 11.5 Å². The van der Waals surface area contributed by atoms with Gasteiger partial charge in [-0.25, -0.2) is 9.78 Å². The zero-order valence-electron chi connectivity index (χ0n) is 11.1. The summed E-state index contributed by atoms with van der Waals surface area (Å²) in [4.78, 5) is 29.2. The Bertz CT molecular complexity index is 702. The molecule has 0 unspecified atom stereocenters. The maximum atomic E-state index is 10.8. The van der Waals surface area contributed by atoms with Gasteiger partial charge in [0.05, 0.1) is 22.7 Å². The molecule has 0 fully saturated rings. The van der Waals surface area contributed by atoms with Crippen LogP contribution in [0, 0.1) is 17.0 Å². The molecule has 0 atom stereocenters. The van der Waals surface area contributed by atoms with Gasteiger partial charge in [0.1, 0.15) is 11.5 Å². The fourth-order valence-electron chi connectivity index (χ4n) is 1.73. The van der Waals surface area contributed by atoms with Gasteiger partial charge in [0, 0.05) is 12.3 Å². The molecule has 0 spiro atoms. The standard InChI is InChI=1S/C13H12N4O4/c1-8-11(17(20)21)2-3-12(16-8)15-7-10-6-9(13(18)19)4-5-14-10/h2-6H,7H2,1H3,(H,15,16)(H,18,19). The zero-order valence-corrected chi connectivity index (χ0v) is 11.1. The van der Waals surface area contributed by atoms with Gasteiger partial charge in [-0.1, -0.05) is 0 Å². The van der Waals surface area contributed by atoms with E-state index in [-0.39, 0.29) is 17.8 Å². The molecule has 21 heavy (non-hydrogen) atoms. The van der Waals surface area contributed by atoms with Gasteiger partial charge in [-0.15, -0.1) is 0 Å². The molecule has 2 N–H and O–H groups in total. The van der Waals surface area contributed by atoms with Crippen LogP contribution in [0.25, 0.3) is 0 Å². The molecule has 0 saturated heterocycles. The largest absolute Gasteiger partial charge is 0.478 e. The minimum Gasteiger partial charge on any atom is -0.478 e. The van der Waals surface area contributed by atoms with E-state index in [2.05, 4.69) is 15.3 Å². The molecule has 108 valence electrons. The molecule has 8 heteroatoms. The van der Waals surface area contributed by atoms with Gasteiger partial charge in [-0.2, -0.15) is 0 Å². The van der Waals surface area contributed by atoms with Gasteiger partial charge >= 0.3 is 5.97 Å². The summed E-state index contributed by atoms with van der Waals surface area (Å²) in [6.07, 6.45) is 1.41. The molecule has 2 aromatic heterocycles. The number of nitro groups is 1. The van der Waals surface area contributed by atoms with Gasteiger partial charge in [0.25, 0.3) is 5.69 Å². The van der Waals surface area contributed by atoms with E-state index in [1.54, 1.807) is 6.92 Å². The van der Waals surface area contributed by atoms with Gasteiger partial charge in [-0.3, -0.25) is 15.1 Å². The summed E-state index contributed by atoms with van der Waals surface area (Å²) in [5.74, 6) is -0.566. The number of hydrogen-bond acceptors (Lipinski definition) is 6.